The summed E-state index contributed by atoms with van der Waals surface area (Å²) in [6.45, 7) is 16.7. The lowest BCUT2D eigenvalue weighted by Crippen LogP contribution is -2.34. The van der Waals surface area contributed by atoms with Crippen LogP contribution >= 0.6 is 0 Å². The monoisotopic (exact) mass is 643 g/mol. The molecule has 0 aromatic heterocycles. The fourth-order valence-corrected chi connectivity index (χ4v) is 2.87. The molecule has 0 atom stereocenters. The van der Waals surface area contributed by atoms with Gasteiger partial charge >= 0.3 is 12.1 Å². The van der Waals surface area contributed by atoms with Crippen LogP contribution in [0.25, 0.3) is 0 Å². The summed E-state index contributed by atoms with van der Waals surface area (Å²) in [6, 6.07) is 0. The fraction of sp³-hybridized carbons (Fsp3) is 0.931. The van der Waals surface area contributed by atoms with E-state index in [9.17, 15) is 9.59 Å². The predicted octanol–water partition coefficient (Wildman–Crippen LogP) is 1.24. The maximum Gasteiger partial charge on any atom is 0.407 e. The Morgan fingerprint density at radius 3 is 0.932 bits per heavy atom. The fourth-order valence-electron chi connectivity index (χ4n) is 2.87. The molecule has 15 nitrogen and oxygen atoms in total. The van der Waals surface area contributed by atoms with Gasteiger partial charge in [0.15, 0.2) is 0 Å². The number of hydrogen-bond acceptors (Lipinski definition) is 14. The first kappa shape index (κ1) is 42.3. The molecule has 0 saturated carbocycles. The molecule has 262 valence electrons. The number of hydrogen-bond donors (Lipinski definition) is 1. The van der Waals surface area contributed by atoms with Gasteiger partial charge in [-0.2, -0.15) is 0 Å². The Kier molecular flexibility index (Phi) is 31.5. The summed E-state index contributed by atoms with van der Waals surface area (Å²) < 4.78 is 64.0. The minimum absolute atomic E-state index is 0.254. The Balaban J connectivity index is 3.10. The number of rotatable bonds is 33. The molecule has 0 unspecified atom stereocenters. The molecule has 0 saturated heterocycles. The largest absolute Gasteiger partial charge is 0.463 e. The minimum atomic E-state index is -0.513. The summed E-state index contributed by atoms with van der Waals surface area (Å²) >= 11 is 0. The highest BCUT2D eigenvalue weighted by Gasteiger charge is 2.15. The summed E-state index contributed by atoms with van der Waals surface area (Å²) in [5.41, 5.74) is -0.513. The molecule has 0 aromatic rings. The average molecular weight is 644 g/mol. The number of carbonyl (C=O) groups excluding carboxylic acids is 2. The lowest BCUT2D eigenvalue weighted by Gasteiger charge is -2.19. The van der Waals surface area contributed by atoms with Crippen molar-refractivity contribution < 1.29 is 66.4 Å². The first-order chi connectivity index (χ1) is 21.3. The van der Waals surface area contributed by atoms with E-state index >= 15 is 0 Å². The number of alkyl carbamates (subject to hydrolysis) is 1. The number of nitrogens with one attached hydrogen (secondary N) is 1. The molecule has 1 amide bonds. The van der Waals surface area contributed by atoms with Gasteiger partial charge in [0.2, 0.25) is 0 Å². The summed E-state index contributed by atoms with van der Waals surface area (Å²) in [5.74, 6) is -0.315. The van der Waals surface area contributed by atoms with Gasteiger partial charge in [-0.05, 0) is 20.8 Å². The molecule has 0 bridgehead atoms. The third kappa shape index (κ3) is 38.4. The van der Waals surface area contributed by atoms with Gasteiger partial charge in [0, 0.05) is 13.5 Å². The van der Waals surface area contributed by atoms with Crippen LogP contribution in [0.2, 0.25) is 0 Å². The van der Waals surface area contributed by atoms with Crippen LogP contribution < -0.4 is 5.32 Å². The van der Waals surface area contributed by atoms with Crippen molar-refractivity contribution in [1.82, 2.24) is 5.32 Å². The van der Waals surface area contributed by atoms with Gasteiger partial charge in [-0.25, -0.2) is 4.79 Å². The number of amides is 1. The molecule has 0 aliphatic carbocycles. The van der Waals surface area contributed by atoms with Crippen molar-refractivity contribution in [3.8, 4) is 0 Å². The second kappa shape index (κ2) is 32.7. The van der Waals surface area contributed by atoms with Gasteiger partial charge in [0.25, 0.3) is 0 Å². The van der Waals surface area contributed by atoms with Crippen LogP contribution in [-0.2, 0) is 61.6 Å². The molecular weight excluding hydrogens is 586 g/mol. The van der Waals surface area contributed by atoms with Crippen molar-refractivity contribution in [3.63, 3.8) is 0 Å². The Labute approximate surface area is 262 Å². The van der Waals surface area contributed by atoms with Crippen molar-refractivity contribution in [1.29, 1.82) is 0 Å². The lowest BCUT2D eigenvalue weighted by atomic mass is 10.2. The molecular formula is C29H57NO14. The quantitative estimate of drug-likeness (QED) is 0.0805. The maximum absolute atomic E-state index is 11.5. The van der Waals surface area contributed by atoms with Gasteiger partial charge in [0.05, 0.1) is 132 Å². The maximum atomic E-state index is 11.5. The molecule has 0 fully saturated rings. The number of carbonyl (C=O) groups is 2. The standard InChI is InChI=1S/C29H57NO14/c1-27(31)43-26-25-42-24-23-41-22-21-40-20-19-39-18-17-38-16-15-37-14-13-36-12-11-35-10-9-34-8-7-33-6-5-30-28(32)44-29(2,3)4/h5-26H2,1-4H3,(H,30,32). The Bertz CT molecular complexity index is 636. The summed E-state index contributed by atoms with van der Waals surface area (Å²) in [4.78, 5) is 22.1. The van der Waals surface area contributed by atoms with Crippen molar-refractivity contribution in [3.05, 3.63) is 0 Å². The summed E-state index contributed by atoms with van der Waals surface area (Å²) in [7, 11) is 0. The van der Waals surface area contributed by atoms with Crippen molar-refractivity contribution in [2.45, 2.75) is 33.3 Å². The number of esters is 1. The van der Waals surface area contributed by atoms with Crippen LogP contribution in [0.4, 0.5) is 4.79 Å². The second-order valence-corrected chi connectivity index (χ2v) is 9.89. The zero-order valence-electron chi connectivity index (χ0n) is 27.3. The molecule has 0 spiro atoms. The normalized spacial score (nSPS) is 11.5. The molecule has 0 aliphatic rings. The van der Waals surface area contributed by atoms with Crippen molar-refractivity contribution in [2.75, 3.05) is 145 Å². The average Bonchev–Trinajstić information content (AvgIpc) is 2.96. The van der Waals surface area contributed by atoms with Crippen LogP contribution in [0.15, 0.2) is 0 Å². The molecule has 0 aliphatic heterocycles. The topological polar surface area (TPSA) is 157 Å². The Hall–Kier alpha value is -1.66. The Morgan fingerprint density at radius 2 is 0.682 bits per heavy atom. The highest BCUT2D eigenvalue weighted by molar-refractivity contribution is 5.67. The van der Waals surface area contributed by atoms with E-state index in [1.807, 2.05) is 20.8 Å². The van der Waals surface area contributed by atoms with E-state index in [0.29, 0.717) is 139 Å². The van der Waals surface area contributed by atoms with Gasteiger partial charge in [-0.15, -0.1) is 0 Å². The highest BCUT2D eigenvalue weighted by Crippen LogP contribution is 2.06. The third-order valence-corrected chi connectivity index (χ3v) is 4.80. The van der Waals surface area contributed by atoms with Crippen LogP contribution in [0.1, 0.15) is 27.7 Å². The zero-order chi connectivity index (χ0) is 32.4. The van der Waals surface area contributed by atoms with E-state index in [0.717, 1.165) is 0 Å². The molecule has 0 rings (SSSR count). The summed E-state index contributed by atoms with van der Waals surface area (Å²) in [6.07, 6.45) is -0.455. The molecule has 0 aromatic carbocycles. The summed E-state index contributed by atoms with van der Waals surface area (Å²) in [5, 5.41) is 2.62. The SMILES string of the molecule is CC(=O)OCCOCCOCCOCCOCCOCCOCCOCCOCCOCCOCCNC(=O)OC(C)(C)C. The van der Waals surface area contributed by atoms with Gasteiger partial charge < -0.3 is 62.2 Å². The third-order valence-electron chi connectivity index (χ3n) is 4.80. The van der Waals surface area contributed by atoms with E-state index in [2.05, 4.69) is 5.32 Å². The molecule has 44 heavy (non-hydrogen) atoms. The van der Waals surface area contributed by atoms with Crippen molar-refractivity contribution in [2.24, 2.45) is 0 Å². The second-order valence-electron chi connectivity index (χ2n) is 9.89. The van der Waals surface area contributed by atoms with Crippen molar-refractivity contribution >= 4 is 12.1 Å². The van der Waals surface area contributed by atoms with E-state index in [1.54, 1.807) is 0 Å². The van der Waals surface area contributed by atoms with Gasteiger partial charge in [-0.3, -0.25) is 4.79 Å². The van der Waals surface area contributed by atoms with Crippen LogP contribution in [0.5, 0.6) is 0 Å². The van der Waals surface area contributed by atoms with E-state index in [-0.39, 0.29) is 12.6 Å². The highest BCUT2D eigenvalue weighted by atomic mass is 16.6. The number of ether oxygens (including phenoxy) is 12. The predicted molar refractivity (Wildman–Crippen MR) is 159 cm³/mol. The van der Waals surface area contributed by atoms with Gasteiger partial charge in [-0.1, -0.05) is 0 Å². The van der Waals surface area contributed by atoms with Crippen LogP contribution in [0, 0.1) is 0 Å². The first-order valence-corrected chi connectivity index (χ1v) is 15.2. The van der Waals surface area contributed by atoms with Gasteiger partial charge in [0.1, 0.15) is 12.2 Å². The lowest BCUT2D eigenvalue weighted by molar-refractivity contribution is -0.142. The smallest absolute Gasteiger partial charge is 0.407 e. The molecule has 1 N–H and O–H groups in total. The first-order valence-electron chi connectivity index (χ1n) is 15.2. The van der Waals surface area contributed by atoms with Crippen LogP contribution in [0.3, 0.4) is 0 Å². The van der Waals surface area contributed by atoms with E-state index in [1.165, 1.54) is 6.92 Å². The van der Waals surface area contributed by atoms with E-state index < -0.39 is 11.7 Å². The van der Waals surface area contributed by atoms with Crippen LogP contribution in [-0.4, -0.2) is 163 Å². The van der Waals surface area contributed by atoms with E-state index in [4.69, 9.17) is 56.8 Å². The minimum Gasteiger partial charge on any atom is -0.463 e. The zero-order valence-corrected chi connectivity index (χ0v) is 27.3. The Morgan fingerprint density at radius 1 is 0.432 bits per heavy atom. The molecule has 0 heterocycles. The molecule has 0 radical (unpaired) electrons. The molecule has 15 heteroatoms.